The van der Waals surface area contributed by atoms with Gasteiger partial charge in [0.1, 0.15) is 5.82 Å². The number of ether oxygens (including phenoxy) is 2. The van der Waals surface area contributed by atoms with Crippen molar-refractivity contribution in [1.82, 2.24) is 9.97 Å². The summed E-state index contributed by atoms with van der Waals surface area (Å²) in [5.74, 6) is -1.32. The van der Waals surface area contributed by atoms with E-state index in [9.17, 15) is 14.4 Å². The van der Waals surface area contributed by atoms with Crippen molar-refractivity contribution in [3.8, 4) is 0 Å². The van der Waals surface area contributed by atoms with Gasteiger partial charge in [-0.2, -0.15) is 0 Å². The van der Waals surface area contributed by atoms with Crippen LogP contribution in [0, 0.1) is 0 Å². The molecular formula is C21H23N3O5S. The molecule has 2 heterocycles. The van der Waals surface area contributed by atoms with Gasteiger partial charge < -0.3 is 19.8 Å². The molecule has 1 aliphatic heterocycles. The van der Waals surface area contributed by atoms with E-state index >= 15 is 0 Å². The van der Waals surface area contributed by atoms with Crippen molar-refractivity contribution in [3.63, 3.8) is 0 Å². The van der Waals surface area contributed by atoms with Crippen LogP contribution in [0.5, 0.6) is 0 Å². The van der Waals surface area contributed by atoms with Crippen molar-refractivity contribution in [2.24, 2.45) is 0 Å². The molecular weight excluding hydrogens is 406 g/mol. The van der Waals surface area contributed by atoms with E-state index in [2.05, 4.69) is 15.3 Å². The second kappa shape index (κ2) is 8.74. The molecule has 30 heavy (non-hydrogen) atoms. The van der Waals surface area contributed by atoms with E-state index in [1.807, 2.05) is 13.8 Å². The summed E-state index contributed by atoms with van der Waals surface area (Å²) in [7, 11) is 2.60. The molecule has 0 aliphatic carbocycles. The lowest BCUT2D eigenvalue weighted by Gasteiger charge is -2.28. The fraction of sp³-hybridized carbons (Fsp3) is 0.333. The zero-order valence-electron chi connectivity index (χ0n) is 17.4. The lowest BCUT2D eigenvalue weighted by atomic mass is 9.82. The third-order valence-electron chi connectivity index (χ3n) is 4.64. The van der Waals surface area contributed by atoms with Crippen LogP contribution in [0.3, 0.4) is 0 Å². The summed E-state index contributed by atoms with van der Waals surface area (Å²) < 4.78 is 9.71. The third-order valence-corrected chi connectivity index (χ3v) is 5.53. The van der Waals surface area contributed by atoms with E-state index in [1.54, 1.807) is 31.2 Å². The van der Waals surface area contributed by atoms with Crippen LogP contribution in [0.1, 0.15) is 48.2 Å². The Labute approximate surface area is 178 Å². The molecule has 2 aromatic rings. The van der Waals surface area contributed by atoms with Gasteiger partial charge in [0.2, 0.25) is 0 Å². The van der Waals surface area contributed by atoms with Crippen LogP contribution < -0.4 is 10.9 Å². The average molecular weight is 429 g/mol. The molecule has 0 saturated carbocycles. The predicted molar refractivity (Wildman–Crippen MR) is 114 cm³/mol. The Bertz CT molecular complexity index is 1070. The van der Waals surface area contributed by atoms with E-state index < -0.39 is 17.9 Å². The number of nitrogens with one attached hydrogen (secondary N) is 2. The van der Waals surface area contributed by atoms with Crippen molar-refractivity contribution in [1.29, 1.82) is 0 Å². The number of benzene rings is 1. The normalized spacial score (nSPS) is 15.5. The van der Waals surface area contributed by atoms with Gasteiger partial charge in [0.05, 0.1) is 36.8 Å². The van der Waals surface area contributed by atoms with E-state index in [0.29, 0.717) is 38.9 Å². The summed E-state index contributed by atoms with van der Waals surface area (Å²) in [6.07, 6.45) is 0. The number of allylic oxidation sites excluding steroid dienone is 1. The van der Waals surface area contributed by atoms with Crippen molar-refractivity contribution >= 4 is 29.5 Å². The number of esters is 2. The molecule has 158 valence electrons. The van der Waals surface area contributed by atoms with Crippen LogP contribution in [0.15, 0.2) is 45.5 Å². The molecule has 1 aliphatic rings. The molecule has 0 spiro atoms. The summed E-state index contributed by atoms with van der Waals surface area (Å²) in [4.78, 5) is 44.7. The van der Waals surface area contributed by atoms with E-state index in [-0.39, 0.29) is 10.8 Å². The number of thioether (sulfide) groups is 1. The minimum absolute atomic E-state index is 0.235. The maximum Gasteiger partial charge on any atom is 0.337 e. The van der Waals surface area contributed by atoms with Gasteiger partial charge >= 0.3 is 11.9 Å². The van der Waals surface area contributed by atoms with Crippen LogP contribution in [0.25, 0.3) is 0 Å². The fourth-order valence-electron chi connectivity index (χ4n) is 3.35. The first-order chi connectivity index (χ1) is 14.3. The molecule has 1 atom stereocenters. The van der Waals surface area contributed by atoms with E-state index in [0.717, 1.165) is 0 Å². The Morgan fingerprint density at radius 3 is 2.30 bits per heavy atom. The minimum atomic E-state index is -0.699. The predicted octanol–water partition coefficient (Wildman–Crippen LogP) is 3.06. The average Bonchev–Trinajstić information content (AvgIpc) is 2.71. The van der Waals surface area contributed by atoms with Crippen molar-refractivity contribution in [2.45, 2.75) is 37.1 Å². The summed E-state index contributed by atoms with van der Waals surface area (Å²) in [5, 5.41) is 3.81. The topological polar surface area (TPSA) is 110 Å². The van der Waals surface area contributed by atoms with Crippen LogP contribution in [0.4, 0.5) is 5.82 Å². The molecule has 2 N–H and O–H groups in total. The van der Waals surface area contributed by atoms with Crippen LogP contribution in [-0.2, 0) is 14.3 Å². The van der Waals surface area contributed by atoms with Gasteiger partial charge in [0.25, 0.3) is 5.56 Å². The lowest BCUT2D eigenvalue weighted by Crippen LogP contribution is -2.31. The summed E-state index contributed by atoms with van der Waals surface area (Å²) in [5.41, 5.74) is 1.86. The second-order valence-electron chi connectivity index (χ2n) is 7.00. The quantitative estimate of drug-likeness (QED) is 0.424. The largest absolute Gasteiger partial charge is 0.466 e. The molecule has 8 nitrogen and oxygen atoms in total. The molecule has 0 saturated heterocycles. The van der Waals surface area contributed by atoms with Crippen molar-refractivity contribution in [2.75, 3.05) is 19.5 Å². The Hall–Kier alpha value is -3.07. The number of hydrogen-bond acceptors (Lipinski definition) is 8. The first-order valence-corrected chi connectivity index (χ1v) is 10.2. The number of H-pyrrole nitrogens is 1. The molecule has 0 radical (unpaired) electrons. The number of carbonyl (C=O) groups is 2. The van der Waals surface area contributed by atoms with Gasteiger partial charge in [-0.05, 0) is 24.6 Å². The van der Waals surface area contributed by atoms with Gasteiger partial charge in [0.15, 0.2) is 5.16 Å². The minimum Gasteiger partial charge on any atom is -0.466 e. The van der Waals surface area contributed by atoms with Crippen LogP contribution in [0.2, 0.25) is 0 Å². The fourth-order valence-corrected chi connectivity index (χ4v) is 4.10. The van der Waals surface area contributed by atoms with Crippen molar-refractivity contribution < 1.29 is 19.1 Å². The highest BCUT2D eigenvalue weighted by Gasteiger charge is 2.36. The first-order valence-electron chi connectivity index (χ1n) is 9.32. The Balaban J connectivity index is 2.19. The zero-order valence-corrected chi connectivity index (χ0v) is 18.2. The van der Waals surface area contributed by atoms with Gasteiger partial charge in [-0.3, -0.25) is 4.79 Å². The standard InChI is InChI=1S/C21H23N3O5S/c1-10(2)30-21-23-17-16(18(25)24-21)15(14(11(3)22-17)20(27)29-5)12-6-8-13(9-7-12)19(26)28-4/h6-10,15H,1-5H3,(H2,22,23,24,25). The molecule has 1 aromatic heterocycles. The van der Waals surface area contributed by atoms with Gasteiger partial charge in [0, 0.05) is 10.9 Å². The molecule has 9 heteroatoms. The number of aromatic nitrogens is 2. The Morgan fingerprint density at radius 1 is 1.10 bits per heavy atom. The highest BCUT2D eigenvalue weighted by Crippen LogP contribution is 2.40. The van der Waals surface area contributed by atoms with Crippen molar-refractivity contribution in [3.05, 3.63) is 62.6 Å². The summed E-state index contributed by atoms with van der Waals surface area (Å²) in [6.45, 7) is 5.75. The SMILES string of the molecule is COC(=O)C1=C(C)Nc2nc(SC(C)C)[nH]c(=O)c2C1c1ccc(C(=O)OC)cc1. The highest BCUT2D eigenvalue weighted by molar-refractivity contribution is 7.99. The number of nitrogens with zero attached hydrogens (tertiary/aromatic N) is 1. The molecule has 0 fully saturated rings. The maximum absolute atomic E-state index is 13.0. The molecule has 0 bridgehead atoms. The summed E-state index contributed by atoms with van der Waals surface area (Å²) >= 11 is 1.44. The number of rotatable bonds is 5. The molecule has 3 rings (SSSR count). The number of hydrogen-bond donors (Lipinski definition) is 2. The van der Waals surface area contributed by atoms with Gasteiger partial charge in [-0.15, -0.1) is 0 Å². The van der Waals surface area contributed by atoms with Crippen LogP contribution >= 0.6 is 11.8 Å². The van der Waals surface area contributed by atoms with Gasteiger partial charge in [-0.1, -0.05) is 37.7 Å². The van der Waals surface area contributed by atoms with Crippen LogP contribution in [-0.4, -0.2) is 41.4 Å². The Kier molecular flexibility index (Phi) is 6.31. The van der Waals surface area contributed by atoms with Gasteiger partial charge in [-0.25, -0.2) is 14.6 Å². The third kappa shape index (κ3) is 4.11. The Morgan fingerprint density at radius 2 is 1.73 bits per heavy atom. The second-order valence-corrected chi connectivity index (χ2v) is 8.57. The molecule has 0 amide bonds. The monoisotopic (exact) mass is 429 g/mol. The number of aromatic amines is 1. The first kappa shape index (κ1) is 21.6. The lowest BCUT2D eigenvalue weighted by molar-refractivity contribution is -0.136. The molecule has 1 aromatic carbocycles. The molecule has 1 unspecified atom stereocenters. The highest BCUT2D eigenvalue weighted by atomic mass is 32.2. The van der Waals surface area contributed by atoms with E-state index in [1.165, 1.54) is 26.0 Å². The zero-order chi connectivity index (χ0) is 22.0. The smallest absolute Gasteiger partial charge is 0.337 e. The number of methoxy groups -OCH3 is 2. The number of fused-ring (bicyclic) bond motifs is 1. The van der Waals surface area contributed by atoms with E-state index in [4.69, 9.17) is 9.47 Å². The maximum atomic E-state index is 13.0. The number of anilines is 1. The summed E-state index contributed by atoms with van der Waals surface area (Å²) in [6, 6.07) is 6.58. The number of carbonyl (C=O) groups excluding carboxylic acids is 2.